The molecule has 1 heteroatoms. The van der Waals surface area contributed by atoms with Crippen LogP contribution < -0.4 is 5.32 Å². The summed E-state index contributed by atoms with van der Waals surface area (Å²) < 4.78 is 0. The van der Waals surface area contributed by atoms with Crippen LogP contribution in [0.1, 0.15) is 12.0 Å². The molecule has 1 N–H and O–H groups in total. The van der Waals surface area contributed by atoms with Gasteiger partial charge in [0.1, 0.15) is 0 Å². The minimum absolute atomic E-state index is 0.966. The van der Waals surface area contributed by atoms with Gasteiger partial charge in [-0.05, 0) is 24.1 Å². The first-order valence-electron chi connectivity index (χ1n) is 5.96. The van der Waals surface area contributed by atoms with Crippen LogP contribution in [0.4, 0.5) is 5.69 Å². The second-order valence-corrected chi connectivity index (χ2v) is 3.89. The molecule has 0 aromatic heterocycles. The number of hydrogen-bond acceptors (Lipinski definition) is 1. The van der Waals surface area contributed by atoms with E-state index in [0.717, 1.165) is 13.0 Å². The average Bonchev–Trinajstić information content (AvgIpc) is 2.41. The largest absolute Gasteiger partial charge is 0.385 e. The Morgan fingerprint density at radius 1 is 0.824 bits per heavy atom. The first kappa shape index (κ1) is 11.5. The van der Waals surface area contributed by atoms with Gasteiger partial charge in [0.25, 0.3) is 0 Å². The van der Waals surface area contributed by atoms with Gasteiger partial charge in [0.15, 0.2) is 0 Å². The Kier molecular flexibility index (Phi) is 4.41. The molecule has 0 saturated heterocycles. The molecular formula is C16H17N. The van der Waals surface area contributed by atoms with Crippen molar-refractivity contribution in [3.05, 3.63) is 72.3 Å². The molecule has 0 heterocycles. The maximum atomic E-state index is 3.38. The highest BCUT2D eigenvalue weighted by molar-refractivity contribution is 5.49. The normalized spacial score (nSPS) is 10.6. The zero-order valence-corrected chi connectivity index (χ0v) is 9.84. The number of hydrogen-bond donors (Lipinski definition) is 1. The molecule has 0 amide bonds. The topological polar surface area (TPSA) is 12.0 Å². The van der Waals surface area contributed by atoms with Gasteiger partial charge in [-0.25, -0.2) is 0 Å². The fourth-order valence-corrected chi connectivity index (χ4v) is 1.64. The van der Waals surface area contributed by atoms with Gasteiger partial charge in [-0.15, -0.1) is 0 Å². The van der Waals surface area contributed by atoms with Gasteiger partial charge in [0.05, 0.1) is 0 Å². The lowest BCUT2D eigenvalue weighted by Gasteiger charge is -2.03. The van der Waals surface area contributed by atoms with E-state index in [-0.39, 0.29) is 0 Å². The van der Waals surface area contributed by atoms with Crippen molar-refractivity contribution in [2.24, 2.45) is 0 Å². The van der Waals surface area contributed by atoms with Crippen molar-refractivity contribution >= 4 is 11.8 Å². The molecule has 0 radical (unpaired) electrons. The van der Waals surface area contributed by atoms with Crippen molar-refractivity contribution in [2.75, 3.05) is 11.9 Å². The van der Waals surface area contributed by atoms with Gasteiger partial charge in [-0.3, -0.25) is 0 Å². The van der Waals surface area contributed by atoms with E-state index in [1.165, 1.54) is 11.3 Å². The predicted octanol–water partition coefficient (Wildman–Crippen LogP) is 4.20. The summed E-state index contributed by atoms with van der Waals surface area (Å²) in [5.41, 5.74) is 2.44. The van der Waals surface area contributed by atoms with E-state index in [1.54, 1.807) is 0 Å². The van der Waals surface area contributed by atoms with E-state index >= 15 is 0 Å². The van der Waals surface area contributed by atoms with Crippen molar-refractivity contribution < 1.29 is 0 Å². The standard InChI is InChI=1S/C16H17N/c1-3-9-15(10-4-1)11-7-8-14-17-16-12-5-2-6-13-16/h1-7,9-13,17H,8,14H2. The van der Waals surface area contributed by atoms with Crippen LogP contribution in [0, 0.1) is 0 Å². The minimum Gasteiger partial charge on any atom is -0.385 e. The molecule has 2 aromatic rings. The smallest absolute Gasteiger partial charge is 0.0340 e. The van der Waals surface area contributed by atoms with Crippen molar-refractivity contribution in [3.8, 4) is 0 Å². The van der Waals surface area contributed by atoms with Gasteiger partial charge in [0.2, 0.25) is 0 Å². The highest BCUT2D eigenvalue weighted by Crippen LogP contribution is 2.05. The van der Waals surface area contributed by atoms with Crippen molar-refractivity contribution in [1.82, 2.24) is 0 Å². The molecule has 0 spiro atoms. The van der Waals surface area contributed by atoms with E-state index in [4.69, 9.17) is 0 Å². The van der Waals surface area contributed by atoms with E-state index in [0.29, 0.717) is 0 Å². The molecule has 0 aliphatic carbocycles. The van der Waals surface area contributed by atoms with Crippen molar-refractivity contribution in [2.45, 2.75) is 6.42 Å². The molecule has 86 valence electrons. The fourth-order valence-electron chi connectivity index (χ4n) is 1.64. The first-order valence-corrected chi connectivity index (χ1v) is 5.96. The minimum atomic E-state index is 0.966. The molecule has 1 nitrogen and oxygen atoms in total. The molecule has 2 aromatic carbocycles. The Morgan fingerprint density at radius 3 is 2.18 bits per heavy atom. The van der Waals surface area contributed by atoms with E-state index in [9.17, 15) is 0 Å². The molecule has 0 aliphatic rings. The van der Waals surface area contributed by atoms with Crippen LogP contribution in [-0.2, 0) is 0 Å². The zero-order chi connectivity index (χ0) is 11.8. The highest BCUT2D eigenvalue weighted by atomic mass is 14.9. The third kappa shape index (κ3) is 4.15. The molecule has 0 aliphatic heterocycles. The van der Waals surface area contributed by atoms with Crippen LogP contribution in [0.25, 0.3) is 6.08 Å². The van der Waals surface area contributed by atoms with Crippen LogP contribution >= 0.6 is 0 Å². The van der Waals surface area contributed by atoms with Crippen LogP contribution in [0.15, 0.2) is 66.7 Å². The average molecular weight is 223 g/mol. The summed E-state index contributed by atoms with van der Waals surface area (Å²) in [5, 5.41) is 3.38. The predicted molar refractivity (Wildman–Crippen MR) is 75.0 cm³/mol. The molecule has 0 atom stereocenters. The third-order valence-electron chi connectivity index (χ3n) is 2.52. The Morgan fingerprint density at radius 2 is 1.47 bits per heavy atom. The summed E-state index contributed by atoms with van der Waals surface area (Å²) in [4.78, 5) is 0. The van der Waals surface area contributed by atoms with Crippen LogP contribution in [0.3, 0.4) is 0 Å². The maximum Gasteiger partial charge on any atom is 0.0340 e. The molecular weight excluding hydrogens is 206 g/mol. The summed E-state index contributed by atoms with van der Waals surface area (Å²) in [6.45, 7) is 0.966. The quantitative estimate of drug-likeness (QED) is 0.749. The lowest BCUT2D eigenvalue weighted by Crippen LogP contribution is -1.99. The van der Waals surface area contributed by atoms with E-state index < -0.39 is 0 Å². The number of rotatable bonds is 5. The fraction of sp³-hybridized carbons (Fsp3) is 0.125. The van der Waals surface area contributed by atoms with E-state index in [2.05, 4.69) is 53.9 Å². The molecule has 0 unspecified atom stereocenters. The first-order chi connectivity index (χ1) is 8.45. The second kappa shape index (κ2) is 6.54. The lowest BCUT2D eigenvalue weighted by molar-refractivity contribution is 1.07. The van der Waals surface area contributed by atoms with Crippen LogP contribution in [-0.4, -0.2) is 6.54 Å². The van der Waals surface area contributed by atoms with Crippen LogP contribution in [0.2, 0.25) is 0 Å². The molecule has 0 saturated carbocycles. The molecule has 0 fully saturated rings. The number of para-hydroxylation sites is 1. The second-order valence-electron chi connectivity index (χ2n) is 3.89. The van der Waals surface area contributed by atoms with Gasteiger partial charge >= 0.3 is 0 Å². The summed E-state index contributed by atoms with van der Waals surface area (Å²) in [6.07, 6.45) is 5.39. The molecule has 0 bridgehead atoms. The number of benzene rings is 2. The number of anilines is 1. The Hall–Kier alpha value is -2.02. The Bertz CT molecular complexity index is 445. The van der Waals surface area contributed by atoms with Crippen LogP contribution in [0.5, 0.6) is 0 Å². The SMILES string of the molecule is C(=Cc1ccccc1)CCNc1ccccc1. The van der Waals surface area contributed by atoms with Gasteiger partial charge < -0.3 is 5.32 Å². The zero-order valence-electron chi connectivity index (χ0n) is 9.84. The van der Waals surface area contributed by atoms with Gasteiger partial charge in [0, 0.05) is 12.2 Å². The summed E-state index contributed by atoms with van der Waals surface area (Å²) in [6, 6.07) is 20.7. The highest BCUT2D eigenvalue weighted by Gasteiger charge is 1.87. The Balaban J connectivity index is 1.72. The monoisotopic (exact) mass is 223 g/mol. The summed E-state index contributed by atoms with van der Waals surface area (Å²) in [5.74, 6) is 0. The Labute approximate surface area is 103 Å². The van der Waals surface area contributed by atoms with E-state index in [1.807, 2.05) is 24.3 Å². The lowest BCUT2D eigenvalue weighted by atomic mass is 10.2. The molecule has 17 heavy (non-hydrogen) atoms. The molecule has 2 rings (SSSR count). The number of nitrogens with one attached hydrogen (secondary N) is 1. The van der Waals surface area contributed by atoms with Crippen molar-refractivity contribution in [1.29, 1.82) is 0 Å². The van der Waals surface area contributed by atoms with Crippen molar-refractivity contribution in [3.63, 3.8) is 0 Å². The third-order valence-corrected chi connectivity index (χ3v) is 2.52. The summed E-state index contributed by atoms with van der Waals surface area (Å²) >= 11 is 0. The summed E-state index contributed by atoms with van der Waals surface area (Å²) in [7, 11) is 0. The van der Waals surface area contributed by atoms with Gasteiger partial charge in [-0.1, -0.05) is 60.7 Å². The maximum absolute atomic E-state index is 3.38. The van der Waals surface area contributed by atoms with Gasteiger partial charge in [-0.2, -0.15) is 0 Å².